The van der Waals surface area contributed by atoms with Gasteiger partial charge in [-0.3, -0.25) is 29.3 Å². The Kier molecular flexibility index (Phi) is 7.39. The molecule has 0 unspecified atom stereocenters. The molecule has 9 nitrogen and oxygen atoms in total. The average molecular weight is 701 g/mol. The van der Waals surface area contributed by atoms with Gasteiger partial charge in [-0.2, -0.15) is 5.01 Å². The van der Waals surface area contributed by atoms with Crippen molar-refractivity contribution in [3.8, 4) is 0 Å². The normalized spacial score (nSPS) is 28.6. The van der Waals surface area contributed by atoms with E-state index in [9.17, 15) is 29.3 Å². The van der Waals surface area contributed by atoms with Crippen LogP contribution < -0.4 is 0 Å². The molecule has 5 rings (SSSR count). The minimum absolute atomic E-state index is 0.110. The van der Waals surface area contributed by atoms with Crippen LogP contribution in [0.25, 0.3) is 0 Å². The first-order valence-corrected chi connectivity index (χ1v) is 14.2. The number of nitro benzene ring substituents is 1. The van der Waals surface area contributed by atoms with Crippen molar-refractivity contribution >= 4 is 110 Å². The smallest absolute Gasteiger partial charge is 0.273 e. The number of rotatable bonds is 6. The van der Waals surface area contributed by atoms with Gasteiger partial charge in [-0.15, -0.1) is 23.2 Å². The lowest BCUT2D eigenvalue weighted by Crippen LogP contribution is -2.59. The third kappa shape index (κ3) is 3.90. The number of halogens is 7. The van der Waals surface area contributed by atoms with E-state index in [4.69, 9.17) is 81.2 Å². The summed E-state index contributed by atoms with van der Waals surface area (Å²) >= 11 is 45.3. The zero-order valence-electron chi connectivity index (χ0n) is 20.3. The van der Waals surface area contributed by atoms with Crippen LogP contribution in [0.15, 0.2) is 58.6 Å². The topological polar surface area (TPSA) is 118 Å². The highest BCUT2D eigenvalue weighted by atomic mass is 35.5. The van der Waals surface area contributed by atoms with E-state index < -0.39 is 60.4 Å². The van der Waals surface area contributed by atoms with Gasteiger partial charge in [0.2, 0.25) is 0 Å². The molecule has 2 bridgehead atoms. The summed E-state index contributed by atoms with van der Waals surface area (Å²) in [6, 6.07) is 8.57. The number of non-ortho nitro benzene ring substituents is 1. The molecule has 1 saturated heterocycles. The first kappa shape index (κ1) is 30.4. The number of carbonyl (C=O) groups is 4. The summed E-state index contributed by atoms with van der Waals surface area (Å²) in [5.74, 6) is -6.93. The number of Topliss-reactive ketones (excluding diaryl/α,β-unsaturated/α-hetero) is 1. The molecule has 3 amide bonds. The van der Waals surface area contributed by atoms with Gasteiger partial charge in [0, 0.05) is 28.3 Å². The fraction of sp³-hybridized carbons (Fsp3) is 0.280. The highest BCUT2D eigenvalue weighted by Gasteiger charge is 2.88. The van der Waals surface area contributed by atoms with E-state index in [1.165, 1.54) is 31.2 Å². The fourth-order valence-electron chi connectivity index (χ4n) is 5.46. The van der Waals surface area contributed by atoms with Crippen LogP contribution in [0.2, 0.25) is 5.02 Å². The van der Waals surface area contributed by atoms with Crippen molar-refractivity contribution in [1.82, 2.24) is 10.0 Å². The number of nitro groups is 1. The number of hydrazine groups is 1. The minimum atomic E-state index is -2.21. The van der Waals surface area contributed by atoms with Crippen LogP contribution in [-0.2, 0) is 9.59 Å². The maximum Gasteiger partial charge on any atom is 0.273 e. The number of nitrogens with zero attached hydrogens (tertiary/aromatic N) is 3. The zero-order chi connectivity index (χ0) is 30.4. The number of fused-ring (bicyclic) bond motifs is 5. The highest BCUT2D eigenvalue weighted by molar-refractivity contribution is 6.66. The summed E-state index contributed by atoms with van der Waals surface area (Å²) in [4.78, 5) is 61.6. The van der Waals surface area contributed by atoms with E-state index in [0.717, 1.165) is 24.3 Å². The van der Waals surface area contributed by atoms with E-state index in [1.807, 2.05) is 0 Å². The third-order valence-corrected chi connectivity index (χ3v) is 12.0. The molecule has 214 valence electrons. The fourth-order valence-corrected chi connectivity index (χ4v) is 8.51. The molecule has 2 aliphatic carbocycles. The third-order valence-electron chi connectivity index (χ3n) is 7.51. The molecular weight excluding hydrogens is 686 g/mol. The lowest BCUT2D eigenvalue weighted by molar-refractivity contribution is -0.384. The summed E-state index contributed by atoms with van der Waals surface area (Å²) in [6.07, 6.45) is 0. The summed E-state index contributed by atoms with van der Waals surface area (Å²) in [6.45, 7) is 1.29. The van der Waals surface area contributed by atoms with E-state index in [1.54, 1.807) is 0 Å². The van der Waals surface area contributed by atoms with Crippen molar-refractivity contribution in [3.05, 3.63) is 84.9 Å². The predicted molar refractivity (Wildman–Crippen MR) is 154 cm³/mol. The minimum Gasteiger partial charge on any atom is -0.292 e. The second-order valence-corrected chi connectivity index (χ2v) is 13.3. The Bertz CT molecular complexity index is 1530. The van der Waals surface area contributed by atoms with Crippen LogP contribution in [0.4, 0.5) is 5.69 Å². The van der Waals surface area contributed by atoms with Gasteiger partial charge >= 0.3 is 0 Å². The molecule has 2 aromatic carbocycles. The van der Waals surface area contributed by atoms with Gasteiger partial charge in [-0.05, 0) is 43.3 Å². The maximum absolute atomic E-state index is 14.0. The Morgan fingerprint density at radius 1 is 0.854 bits per heavy atom. The Morgan fingerprint density at radius 3 is 1.73 bits per heavy atom. The number of hydrogen-bond donors (Lipinski definition) is 0. The second-order valence-electron chi connectivity index (χ2n) is 9.57. The van der Waals surface area contributed by atoms with Gasteiger partial charge < -0.3 is 0 Å². The van der Waals surface area contributed by atoms with Crippen molar-refractivity contribution in [2.24, 2.45) is 11.8 Å². The first-order valence-electron chi connectivity index (χ1n) is 11.6. The number of hydrogen-bond acceptors (Lipinski definition) is 6. The van der Waals surface area contributed by atoms with Crippen molar-refractivity contribution in [2.75, 3.05) is 0 Å². The van der Waals surface area contributed by atoms with Crippen LogP contribution in [0, 0.1) is 22.0 Å². The number of benzene rings is 2. The molecule has 2 fully saturated rings. The molecule has 0 aromatic heterocycles. The largest absolute Gasteiger partial charge is 0.292 e. The summed E-state index contributed by atoms with van der Waals surface area (Å²) in [5, 5.41) is 11.9. The Morgan fingerprint density at radius 2 is 1.29 bits per heavy atom. The number of ketones is 1. The zero-order valence-corrected chi connectivity index (χ0v) is 25.6. The van der Waals surface area contributed by atoms with Gasteiger partial charge in [0.1, 0.15) is 15.8 Å². The molecule has 3 aliphatic rings. The monoisotopic (exact) mass is 697 g/mol. The molecule has 1 saturated carbocycles. The SMILES string of the molecule is C[C@@H](C(=O)c1ccc(Cl)cc1)N(C(=O)c1ccc([N+](=O)[O-])cc1)N1C(=O)[C@@H]2[C@H](C1=O)[C@@]1(Cl)C(Cl)=C(Cl)[C@@]2(Cl)C1(Cl)Cl. The van der Waals surface area contributed by atoms with E-state index in [-0.39, 0.29) is 26.9 Å². The molecule has 1 aliphatic heterocycles. The molecule has 41 heavy (non-hydrogen) atoms. The molecule has 1 heterocycles. The number of amides is 3. The molecule has 0 spiro atoms. The molecule has 5 atom stereocenters. The summed E-state index contributed by atoms with van der Waals surface area (Å²) in [5.41, 5.74) is -0.382. The van der Waals surface area contributed by atoms with Crippen molar-refractivity contribution in [2.45, 2.75) is 27.0 Å². The summed E-state index contributed by atoms with van der Waals surface area (Å²) in [7, 11) is 0. The van der Waals surface area contributed by atoms with Gasteiger partial charge in [-0.25, -0.2) is 5.01 Å². The van der Waals surface area contributed by atoms with Crippen molar-refractivity contribution in [1.29, 1.82) is 0 Å². The summed E-state index contributed by atoms with van der Waals surface area (Å²) < 4.78 is -2.21. The molecular formula is C25H14Cl7N3O6. The number of alkyl halides is 4. The molecule has 0 radical (unpaired) electrons. The Balaban J connectivity index is 1.63. The quantitative estimate of drug-likeness (QED) is 0.114. The maximum atomic E-state index is 14.0. The van der Waals surface area contributed by atoms with Gasteiger partial charge in [0.05, 0.1) is 26.8 Å². The Hall–Kier alpha value is -2.11. The number of imide groups is 1. The highest BCUT2D eigenvalue weighted by Crippen LogP contribution is 2.77. The standard InChI is InChI=1S/C25H14Cl7N3O6/c1-10(17(36)11-2-6-13(26)7-3-11)33(20(37)12-4-8-14(9-5-12)35(40)41)34-21(38)15-16(22(34)39)24(30)19(28)18(27)23(15,29)25(24,31)32/h2-10,15-16H,1H3/t10-,15-,16+,23+,24+/m0/s1. The van der Waals surface area contributed by atoms with E-state index in [0.29, 0.717) is 15.0 Å². The molecule has 0 N–H and O–H groups in total. The average Bonchev–Trinajstić information content (AvgIpc) is 3.32. The predicted octanol–water partition coefficient (Wildman–Crippen LogP) is 6.32. The van der Waals surface area contributed by atoms with Gasteiger partial charge in [0.15, 0.2) is 10.1 Å². The number of carbonyl (C=O) groups excluding carboxylic acids is 4. The lowest BCUT2D eigenvalue weighted by atomic mass is 9.84. The van der Waals surface area contributed by atoms with Crippen LogP contribution in [0.5, 0.6) is 0 Å². The lowest BCUT2D eigenvalue weighted by Gasteiger charge is -2.38. The van der Waals surface area contributed by atoms with E-state index >= 15 is 0 Å². The van der Waals surface area contributed by atoms with Crippen molar-refractivity contribution in [3.63, 3.8) is 0 Å². The number of allylic oxidation sites excluding steroid dienone is 2. The van der Waals surface area contributed by atoms with E-state index in [2.05, 4.69) is 0 Å². The first-order chi connectivity index (χ1) is 19.0. The van der Waals surface area contributed by atoms with Crippen LogP contribution in [0.1, 0.15) is 27.6 Å². The van der Waals surface area contributed by atoms with Gasteiger partial charge in [0.25, 0.3) is 23.4 Å². The van der Waals surface area contributed by atoms with Crippen LogP contribution in [-0.4, -0.2) is 58.6 Å². The Labute approximate surface area is 266 Å². The molecule has 16 heteroatoms. The molecule has 2 aromatic rings. The van der Waals surface area contributed by atoms with Gasteiger partial charge in [-0.1, -0.05) is 58.0 Å². The van der Waals surface area contributed by atoms with Crippen LogP contribution >= 0.6 is 81.2 Å². The van der Waals surface area contributed by atoms with Crippen molar-refractivity contribution < 1.29 is 24.1 Å². The van der Waals surface area contributed by atoms with Crippen LogP contribution in [0.3, 0.4) is 0 Å². The second kappa shape index (κ2) is 9.98.